The highest BCUT2D eigenvalue weighted by atomic mass is 35.5. The highest BCUT2D eigenvalue weighted by molar-refractivity contribution is 5.96. The zero-order chi connectivity index (χ0) is 14.3. The first-order chi connectivity index (χ1) is 9.49. The maximum atomic E-state index is 12.1. The first kappa shape index (κ1) is 15.8. The first-order valence-corrected chi connectivity index (χ1v) is 6.91. The number of benzene rings is 1. The second kappa shape index (κ2) is 5.66. The van der Waals surface area contributed by atoms with Crippen molar-refractivity contribution in [2.24, 2.45) is 11.1 Å². The van der Waals surface area contributed by atoms with Gasteiger partial charge in [0, 0.05) is 18.2 Å². The fraction of sp³-hybridized carbons (Fsp3) is 0.467. The van der Waals surface area contributed by atoms with Crippen LogP contribution in [0.15, 0.2) is 22.6 Å². The third-order valence-corrected chi connectivity index (χ3v) is 3.71. The van der Waals surface area contributed by atoms with E-state index in [1.807, 2.05) is 32.0 Å². The number of carbonyl (C=O) groups excluding carboxylic acids is 1. The monoisotopic (exact) mass is 309 g/mol. The molecule has 1 aliphatic rings. The zero-order valence-electron chi connectivity index (χ0n) is 12.2. The molecule has 0 bridgehead atoms. The second-order valence-corrected chi connectivity index (χ2v) is 6.05. The van der Waals surface area contributed by atoms with Crippen LogP contribution in [0.1, 0.15) is 38.5 Å². The Labute approximate surface area is 129 Å². The molecule has 5 nitrogen and oxygen atoms in total. The number of nitrogens with zero attached hydrogens (tertiary/aromatic N) is 1. The molecular weight excluding hydrogens is 290 g/mol. The lowest BCUT2D eigenvalue weighted by Crippen LogP contribution is -2.37. The Morgan fingerprint density at radius 1 is 1.48 bits per heavy atom. The van der Waals surface area contributed by atoms with Crippen molar-refractivity contribution in [3.8, 4) is 0 Å². The normalized spacial score (nSPS) is 14.8. The molecule has 2 aromatic rings. The molecule has 3 N–H and O–H groups in total. The van der Waals surface area contributed by atoms with Gasteiger partial charge >= 0.3 is 0 Å². The molecule has 6 heteroatoms. The fourth-order valence-corrected chi connectivity index (χ4v) is 1.92. The maximum absolute atomic E-state index is 12.1. The number of carbonyl (C=O) groups is 1. The molecular formula is C15H20ClN3O2. The minimum atomic E-state index is -0.585. The summed E-state index contributed by atoms with van der Waals surface area (Å²) in [4.78, 5) is 16.6. The smallest absolute Gasteiger partial charge is 0.231 e. The average molecular weight is 310 g/mol. The Morgan fingerprint density at radius 2 is 2.19 bits per heavy atom. The number of oxazole rings is 1. The Hall–Kier alpha value is -1.59. The molecule has 1 saturated carbocycles. The number of halogens is 1. The molecule has 1 aliphatic carbocycles. The number of hydrogen-bond donors (Lipinski definition) is 2. The number of aromatic nitrogens is 1. The molecule has 0 aliphatic heterocycles. The molecule has 0 saturated heterocycles. The van der Waals surface area contributed by atoms with Gasteiger partial charge in [-0.05, 0) is 44.9 Å². The van der Waals surface area contributed by atoms with E-state index in [0.29, 0.717) is 12.5 Å². The number of rotatable bonds is 4. The zero-order valence-corrected chi connectivity index (χ0v) is 13.0. The molecule has 114 valence electrons. The molecule has 1 aromatic carbocycles. The summed E-state index contributed by atoms with van der Waals surface area (Å²) in [5.74, 6) is 1.20. The van der Waals surface area contributed by atoms with Crippen LogP contribution in [0.5, 0.6) is 0 Å². The van der Waals surface area contributed by atoms with Crippen molar-refractivity contribution in [1.82, 2.24) is 4.98 Å². The Balaban J connectivity index is 0.00000161. The fourth-order valence-electron chi connectivity index (χ4n) is 1.92. The molecule has 1 fully saturated rings. The van der Waals surface area contributed by atoms with Crippen LogP contribution >= 0.6 is 12.4 Å². The van der Waals surface area contributed by atoms with Crippen LogP contribution in [0.2, 0.25) is 0 Å². The summed E-state index contributed by atoms with van der Waals surface area (Å²) in [6, 6.07) is 5.52. The van der Waals surface area contributed by atoms with Crippen molar-refractivity contribution in [3.05, 3.63) is 24.1 Å². The van der Waals surface area contributed by atoms with Gasteiger partial charge in [0.15, 0.2) is 11.5 Å². The van der Waals surface area contributed by atoms with Crippen molar-refractivity contribution in [2.45, 2.75) is 32.6 Å². The number of hydrogen-bond acceptors (Lipinski definition) is 4. The summed E-state index contributed by atoms with van der Waals surface area (Å²) < 4.78 is 5.70. The third-order valence-electron chi connectivity index (χ3n) is 3.71. The molecule has 3 rings (SSSR count). The van der Waals surface area contributed by atoms with E-state index in [1.54, 1.807) is 0 Å². The Morgan fingerprint density at radius 3 is 2.81 bits per heavy atom. The van der Waals surface area contributed by atoms with Gasteiger partial charge in [-0.25, -0.2) is 4.98 Å². The van der Waals surface area contributed by atoms with Gasteiger partial charge in [0.2, 0.25) is 5.91 Å². The maximum Gasteiger partial charge on any atom is 0.231 e. The van der Waals surface area contributed by atoms with E-state index in [4.69, 9.17) is 10.2 Å². The van der Waals surface area contributed by atoms with Gasteiger partial charge in [-0.15, -0.1) is 12.4 Å². The number of nitrogens with one attached hydrogen (secondary N) is 1. The third kappa shape index (κ3) is 3.19. The first-order valence-electron chi connectivity index (χ1n) is 6.91. The molecule has 0 spiro atoms. The van der Waals surface area contributed by atoms with E-state index < -0.39 is 5.41 Å². The van der Waals surface area contributed by atoms with Gasteiger partial charge in [0.1, 0.15) is 5.52 Å². The lowest BCUT2D eigenvalue weighted by molar-refractivity contribution is -0.123. The van der Waals surface area contributed by atoms with Gasteiger partial charge in [-0.2, -0.15) is 0 Å². The van der Waals surface area contributed by atoms with Crippen LogP contribution in [0.4, 0.5) is 5.69 Å². The van der Waals surface area contributed by atoms with Gasteiger partial charge in [-0.1, -0.05) is 0 Å². The summed E-state index contributed by atoms with van der Waals surface area (Å²) in [5, 5.41) is 2.88. The van der Waals surface area contributed by atoms with Crippen LogP contribution in [0, 0.1) is 5.41 Å². The molecule has 0 unspecified atom stereocenters. The number of fused-ring (bicyclic) bond motifs is 1. The highest BCUT2D eigenvalue weighted by Crippen LogP contribution is 2.40. The van der Waals surface area contributed by atoms with Crippen molar-refractivity contribution in [3.63, 3.8) is 0 Å². The van der Waals surface area contributed by atoms with E-state index in [-0.39, 0.29) is 18.3 Å². The Bertz CT molecular complexity index is 662. The molecule has 21 heavy (non-hydrogen) atoms. The molecule has 1 aromatic heterocycles. The van der Waals surface area contributed by atoms with Gasteiger partial charge < -0.3 is 15.5 Å². The summed E-state index contributed by atoms with van der Waals surface area (Å²) in [6.07, 6.45) is 2.31. The van der Waals surface area contributed by atoms with Crippen LogP contribution in [0.25, 0.3) is 11.1 Å². The number of amides is 1. The van der Waals surface area contributed by atoms with Crippen molar-refractivity contribution in [1.29, 1.82) is 0 Å². The summed E-state index contributed by atoms with van der Waals surface area (Å²) in [6.45, 7) is 3.95. The lowest BCUT2D eigenvalue weighted by atomic mass is 9.92. The van der Waals surface area contributed by atoms with E-state index in [0.717, 1.165) is 35.5 Å². The van der Waals surface area contributed by atoms with Crippen LogP contribution in [0.3, 0.4) is 0 Å². The summed E-state index contributed by atoms with van der Waals surface area (Å²) in [7, 11) is 0. The minimum Gasteiger partial charge on any atom is -0.440 e. The van der Waals surface area contributed by atoms with E-state index in [9.17, 15) is 4.79 Å². The van der Waals surface area contributed by atoms with E-state index in [2.05, 4.69) is 10.3 Å². The summed E-state index contributed by atoms with van der Waals surface area (Å²) in [5.41, 5.74) is 7.30. The molecule has 1 amide bonds. The second-order valence-electron chi connectivity index (χ2n) is 6.05. The SMILES string of the molecule is CC(C)(CN)C(=O)Nc1ccc2oc(C3CC3)nc2c1.Cl. The van der Waals surface area contributed by atoms with Crippen molar-refractivity contribution in [2.75, 3.05) is 11.9 Å². The average Bonchev–Trinajstić information content (AvgIpc) is 3.18. The quantitative estimate of drug-likeness (QED) is 0.909. The molecule has 1 heterocycles. The summed E-state index contributed by atoms with van der Waals surface area (Å²) >= 11 is 0. The predicted octanol–water partition coefficient (Wildman–Crippen LogP) is 3.05. The Kier molecular flexibility index (Phi) is 4.25. The number of nitrogens with two attached hydrogens (primary N) is 1. The van der Waals surface area contributed by atoms with Crippen molar-refractivity contribution >= 4 is 35.1 Å². The predicted molar refractivity (Wildman–Crippen MR) is 84.7 cm³/mol. The topological polar surface area (TPSA) is 81.2 Å². The van der Waals surface area contributed by atoms with Gasteiger partial charge in [0.25, 0.3) is 0 Å². The molecule has 0 radical (unpaired) electrons. The number of anilines is 1. The van der Waals surface area contributed by atoms with E-state index >= 15 is 0 Å². The highest BCUT2D eigenvalue weighted by Gasteiger charge is 2.29. The van der Waals surface area contributed by atoms with Gasteiger partial charge in [-0.3, -0.25) is 4.79 Å². The lowest BCUT2D eigenvalue weighted by Gasteiger charge is -2.21. The van der Waals surface area contributed by atoms with Crippen LogP contribution < -0.4 is 11.1 Å². The van der Waals surface area contributed by atoms with Gasteiger partial charge in [0.05, 0.1) is 5.41 Å². The molecule has 0 atom stereocenters. The standard InChI is InChI=1S/C15H19N3O2.ClH/c1-15(2,8-16)14(19)17-10-5-6-12-11(7-10)18-13(20-12)9-3-4-9;/h5-7,9H,3-4,8,16H2,1-2H3,(H,17,19);1H. The van der Waals surface area contributed by atoms with Crippen LogP contribution in [-0.2, 0) is 4.79 Å². The van der Waals surface area contributed by atoms with E-state index in [1.165, 1.54) is 0 Å². The minimum absolute atomic E-state index is 0. The van der Waals surface area contributed by atoms with Crippen molar-refractivity contribution < 1.29 is 9.21 Å². The van der Waals surface area contributed by atoms with Crippen LogP contribution in [-0.4, -0.2) is 17.4 Å². The largest absolute Gasteiger partial charge is 0.440 e.